The Morgan fingerprint density at radius 1 is 1.14 bits per heavy atom. The van der Waals surface area contributed by atoms with Crippen molar-refractivity contribution >= 4 is 15.9 Å². The Balaban J connectivity index is 2.64. The van der Waals surface area contributed by atoms with Gasteiger partial charge in [0.1, 0.15) is 0 Å². The van der Waals surface area contributed by atoms with E-state index in [1.54, 1.807) is 21.0 Å². The van der Waals surface area contributed by atoms with Gasteiger partial charge < -0.3 is 10.1 Å². The molecule has 124 valence electrons. The summed E-state index contributed by atoms with van der Waals surface area (Å²) in [4.78, 5) is 11.8. The second-order valence-corrected chi connectivity index (χ2v) is 6.92. The maximum atomic E-state index is 12.4. The Bertz CT molecular complexity index is 603. The molecular weight excluding hydrogens is 304 g/mol. The standard InChI is InChI=1S/C15H24N2O4S/c1-11-9-12(2)15(13(3)10-11)22(19,20)17-6-5-14(18)16-7-8-21-4/h9-10,17H,5-8H2,1-4H3,(H,16,18). The Labute approximate surface area is 132 Å². The van der Waals surface area contributed by atoms with Crippen LogP contribution in [0, 0.1) is 20.8 Å². The monoisotopic (exact) mass is 328 g/mol. The van der Waals surface area contributed by atoms with Crippen molar-refractivity contribution in [2.45, 2.75) is 32.1 Å². The second-order valence-electron chi connectivity index (χ2n) is 5.22. The minimum absolute atomic E-state index is 0.0634. The molecule has 0 heterocycles. The number of amides is 1. The van der Waals surface area contributed by atoms with E-state index in [2.05, 4.69) is 10.0 Å². The van der Waals surface area contributed by atoms with E-state index < -0.39 is 10.0 Å². The van der Waals surface area contributed by atoms with E-state index in [1.807, 2.05) is 19.1 Å². The molecule has 0 aromatic heterocycles. The molecular formula is C15H24N2O4S. The summed E-state index contributed by atoms with van der Waals surface area (Å²) in [6.07, 6.45) is 0.0902. The Hall–Kier alpha value is -1.44. The third kappa shape index (κ3) is 5.40. The molecule has 1 aromatic carbocycles. The molecule has 0 aliphatic rings. The van der Waals surface area contributed by atoms with Crippen molar-refractivity contribution in [1.82, 2.24) is 10.0 Å². The van der Waals surface area contributed by atoms with Gasteiger partial charge in [-0.05, 0) is 31.9 Å². The van der Waals surface area contributed by atoms with Crippen LogP contribution in [0.25, 0.3) is 0 Å². The highest BCUT2D eigenvalue weighted by molar-refractivity contribution is 7.89. The van der Waals surface area contributed by atoms with Gasteiger partial charge in [-0.25, -0.2) is 13.1 Å². The molecule has 1 amide bonds. The largest absolute Gasteiger partial charge is 0.383 e. The number of rotatable bonds is 8. The molecule has 0 saturated heterocycles. The lowest BCUT2D eigenvalue weighted by molar-refractivity contribution is -0.121. The van der Waals surface area contributed by atoms with Crippen LogP contribution >= 0.6 is 0 Å². The zero-order valence-corrected chi connectivity index (χ0v) is 14.3. The lowest BCUT2D eigenvalue weighted by atomic mass is 10.1. The molecule has 0 bridgehead atoms. The highest BCUT2D eigenvalue weighted by atomic mass is 32.2. The maximum absolute atomic E-state index is 12.4. The predicted molar refractivity (Wildman–Crippen MR) is 85.3 cm³/mol. The molecule has 22 heavy (non-hydrogen) atoms. The van der Waals surface area contributed by atoms with Gasteiger partial charge in [0.05, 0.1) is 11.5 Å². The average molecular weight is 328 g/mol. The summed E-state index contributed by atoms with van der Waals surface area (Å²) in [6, 6.07) is 3.66. The molecule has 0 unspecified atom stereocenters. The van der Waals surface area contributed by atoms with Crippen molar-refractivity contribution in [2.75, 3.05) is 26.8 Å². The molecule has 0 aliphatic carbocycles. The Morgan fingerprint density at radius 2 is 1.73 bits per heavy atom. The Kier molecular flexibility index (Phi) is 6.99. The number of ether oxygens (including phenoxy) is 1. The lowest BCUT2D eigenvalue weighted by Gasteiger charge is -2.13. The minimum atomic E-state index is -3.61. The minimum Gasteiger partial charge on any atom is -0.383 e. The first-order valence-corrected chi connectivity index (χ1v) is 8.59. The topological polar surface area (TPSA) is 84.5 Å². The van der Waals surface area contributed by atoms with Crippen molar-refractivity contribution in [2.24, 2.45) is 0 Å². The molecule has 0 aliphatic heterocycles. The number of carbonyl (C=O) groups excluding carboxylic acids is 1. The van der Waals surface area contributed by atoms with Crippen LogP contribution in [-0.2, 0) is 19.6 Å². The fourth-order valence-corrected chi connectivity index (χ4v) is 3.82. The number of sulfonamides is 1. The van der Waals surface area contributed by atoms with Gasteiger partial charge in [0.15, 0.2) is 0 Å². The highest BCUT2D eigenvalue weighted by Crippen LogP contribution is 2.21. The van der Waals surface area contributed by atoms with E-state index >= 15 is 0 Å². The van der Waals surface area contributed by atoms with Gasteiger partial charge in [-0.15, -0.1) is 0 Å². The number of benzene rings is 1. The fraction of sp³-hybridized carbons (Fsp3) is 0.533. The Morgan fingerprint density at radius 3 is 2.27 bits per heavy atom. The van der Waals surface area contributed by atoms with E-state index in [9.17, 15) is 13.2 Å². The summed E-state index contributed by atoms with van der Waals surface area (Å²) in [5.41, 5.74) is 2.43. The average Bonchev–Trinajstić information content (AvgIpc) is 2.36. The van der Waals surface area contributed by atoms with Crippen LogP contribution in [0.2, 0.25) is 0 Å². The molecule has 0 fully saturated rings. The third-order valence-electron chi connectivity index (χ3n) is 3.15. The van der Waals surface area contributed by atoms with Crippen LogP contribution in [0.3, 0.4) is 0 Å². The first kappa shape index (κ1) is 18.6. The van der Waals surface area contributed by atoms with Gasteiger partial charge in [0, 0.05) is 26.6 Å². The molecule has 7 heteroatoms. The summed E-state index contributed by atoms with van der Waals surface area (Å²) in [5.74, 6) is -0.211. The van der Waals surface area contributed by atoms with Crippen molar-refractivity contribution in [3.63, 3.8) is 0 Å². The van der Waals surface area contributed by atoms with Crippen LogP contribution in [0.1, 0.15) is 23.1 Å². The van der Waals surface area contributed by atoms with Gasteiger partial charge in [-0.1, -0.05) is 17.7 Å². The number of methoxy groups -OCH3 is 1. The lowest BCUT2D eigenvalue weighted by Crippen LogP contribution is -2.32. The molecule has 6 nitrogen and oxygen atoms in total. The number of nitrogens with one attached hydrogen (secondary N) is 2. The third-order valence-corrected chi connectivity index (χ3v) is 4.91. The summed E-state index contributed by atoms with van der Waals surface area (Å²) in [5, 5.41) is 2.64. The molecule has 0 radical (unpaired) electrons. The van der Waals surface area contributed by atoms with Gasteiger partial charge in [0.2, 0.25) is 15.9 Å². The zero-order chi connectivity index (χ0) is 16.8. The van der Waals surface area contributed by atoms with Crippen molar-refractivity contribution in [3.05, 3.63) is 28.8 Å². The molecule has 0 saturated carbocycles. The van der Waals surface area contributed by atoms with Gasteiger partial charge in [0.25, 0.3) is 0 Å². The van der Waals surface area contributed by atoms with E-state index in [0.717, 1.165) is 5.56 Å². The van der Waals surface area contributed by atoms with Gasteiger partial charge in [-0.2, -0.15) is 0 Å². The van der Waals surface area contributed by atoms with Crippen molar-refractivity contribution < 1.29 is 17.9 Å². The van der Waals surface area contributed by atoms with E-state index in [1.165, 1.54) is 0 Å². The number of hydrogen-bond acceptors (Lipinski definition) is 4. The van der Waals surface area contributed by atoms with Crippen molar-refractivity contribution in [3.8, 4) is 0 Å². The summed E-state index contributed by atoms with van der Waals surface area (Å²) < 4.78 is 32.0. The van der Waals surface area contributed by atoms with Crippen molar-refractivity contribution in [1.29, 1.82) is 0 Å². The predicted octanol–water partition coefficient (Wildman–Crippen LogP) is 1.04. The highest BCUT2D eigenvalue weighted by Gasteiger charge is 2.19. The van der Waals surface area contributed by atoms with E-state index in [0.29, 0.717) is 24.3 Å². The van der Waals surface area contributed by atoms with E-state index in [-0.39, 0.29) is 23.8 Å². The molecule has 2 N–H and O–H groups in total. The quantitative estimate of drug-likeness (QED) is 0.699. The van der Waals surface area contributed by atoms with Crippen LogP contribution in [-0.4, -0.2) is 41.1 Å². The van der Waals surface area contributed by atoms with Crippen LogP contribution < -0.4 is 10.0 Å². The second kappa shape index (κ2) is 8.26. The normalized spacial score (nSPS) is 11.5. The SMILES string of the molecule is COCCNC(=O)CCNS(=O)(=O)c1c(C)cc(C)cc1C. The molecule has 0 spiro atoms. The molecule has 1 rings (SSSR count). The summed E-state index contributed by atoms with van der Waals surface area (Å²) >= 11 is 0. The summed E-state index contributed by atoms with van der Waals surface area (Å²) in [6.45, 7) is 6.37. The van der Waals surface area contributed by atoms with Crippen LogP contribution in [0.5, 0.6) is 0 Å². The zero-order valence-electron chi connectivity index (χ0n) is 13.5. The summed E-state index contributed by atoms with van der Waals surface area (Å²) in [7, 11) is -2.07. The molecule has 0 atom stereocenters. The number of hydrogen-bond donors (Lipinski definition) is 2. The van der Waals surface area contributed by atoms with Crippen LogP contribution in [0.4, 0.5) is 0 Å². The first-order chi connectivity index (χ1) is 10.3. The van der Waals surface area contributed by atoms with Gasteiger partial charge >= 0.3 is 0 Å². The fourth-order valence-electron chi connectivity index (χ4n) is 2.34. The maximum Gasteiger partial charge on any atom is 0.241 e. The first-order valence-electron chi connectivity index (χ1n) is 7.11. The smallest absolute Gasteiger partial charge is 0.241 e. The van der Waals surface area contributed by atoms with E-state index in [4.69, 9.17) is 4.74 Å². The van der Waals surface area contributed by atoms with Gasteiger partial charge in [-0.3, -0.25) is 4.79 Å². The van der Waals surface area contributed by atoms with Crippen LogP contribution in [0.15, 0.2) is 17.0 Å². The molecule has 1 aromatic rings. The number of carbonyl (C=O) groups is 1. The number of aryl methyl sites for hydroxylation is 3.